The number of Topliss-reactive ketones (excluding diaryl/α,β-unsaturated/α-hetero) is 1. The molecule has 1 aromatic carbocycles. The van der Waals surface area contributed by atoms with Crippen molar-refractivity contribution < 1.29 is 22.4 Å². The van der Waals surface area contributed by atoms with Crippen LogP contribution in [0.15, 0.2) is 16.6 Å². The van der Waals surface area contributed by atoms with Gasteiger partial charge in [0.25, 0.3) is 11.7 Å². The molecule has 1 aliphatic rings. The summed E-state index contributed by atoms with van der Waals surface area (Å²) in [5.41, 5.74) is 0.317. The van der Waals surface area contributed by atoms with Crippen molar-refractivity contribution in [3.8, 4) is 0 Å². The third kappa shape index (κ3) is 2.90. The first kappa shape index (κ1) is 15.1. The van der Waals surface area contributed by atoms with E-state index < -0.39 is 27.3 Å². The van der Waals surface area contributed by atoms with Crippen LogP contribution in [0.4, 0.5) is 10.1 Å². The molecule has 0 spiro atoms. The Balaban J connectivity index is 2.26. The van der Waals surface area contributed by atoms with Crippen molar-refractivity contribution in [1.29, 1.82) is 0 Å². The highest BCUT2D eigenvalue weighted by molar-refractivity contribution is 9.10. The van der Waals surface area contributed by atoms with Gasteiger partial charge in [-0.05, 0) is 34.5 Å². The number of sulfone groups is 1. The van der Waals surface area contributed by atoms with Crippen molar-refractivity contribution in [2.75, 3.05) is 23.5 Å². The SMILES string of the molecule is CS(=O)(=O)CCCN1C(=O)C(=O)c2cc(Br)c(F)cc21. The first-order chi connectivity index (χ1) is 9.20. The molecule has 0 radical (unpaired) electrons. The number of amides is 1. The van der Waals surface area contributed by atoms with Crippen molar-refractivity contribution in [3.05, 3.63) is 28.0 Å². The highest BCUT2D eigenvalue weighted by Crippen LogP contribution is 2.33. The van der Waals surface area contributed by atoms with Crippen molar-refractivity contribution in [2.24, 2.45) is 0 Å². The fourth-order valence-corrected chi connectivity index (χ4v) is 2.99. The average Bonchev–Trinajstić information content (AvgIpc) is 2.54. The van der Waals surface area contributed by atoms with Crippen LogP contribution in [0, 0.1) is 5.82 Å². The Bertz CT molecular complexity index is 702. The molecule has 0 N–H and O–H groups in total. The second-order valence-electron chi connectivity index (χ2n) is 4.55. The Morgan fingerprint density at radius 1 is 1.30 bits per heavy atom. The van der Waals surface area contributed by atoms with E-state index in [1.807, 2.05) is 0 Å². The third-order valence-corrected chi connectivity index (χ3v) is 4.55. The van der Waals surface area contributed by atoms with Gasteiger partial charge in [0, 0.05) is 12.8 Å². The molecule has 8 heteroatoms. The van der Waals surface area contributed by atoms with Crippen molar-refractivity contribution >= 4 is 43.1 Å². The number of nitrogens with zero attached hydrogens (tertiary/aromatic N) is 1. The van der Waals surface area contributed by atoms with E-state index in [2.05, 4.69) is 15.9 Å². The van der Waals surface area contributed by atoms with Crippen LogP contribution in [-0.4, -0.2) is 38.7 Å². The lowest BCUT2D eigenvalue weighted by atomic mass is 10.1. The lowest BCUT2D eigenvalue weighted by molar-refractivity contribution is -0.114. The van der Waals surface area contributed by atoms with Crippen LogP contribution in [0.5, 0.6) is 0 Å². The van der Waals surface area contributed by atoms with E-state index in [0.29, 0.717) is 0 Å². The zero-order valence-electron chi connectivity index (χ0n) is 10.5. The smallest absolute Gasteiger partial charge is 0.299 e. The molecule has 0 saturated heterocycles. The molecular formula is C12H11BrFNO4S. The van der Waals surface area contributed by atoms with E-state index in [1.54, 1.807) is 0 Å². The Kier molecular flexibility index (Phi) is 3.97. The van der Waals surface area contributed by atoms with Gasteiger partial charge in [-0.25, -0.2) is 12.8 Å². The lowest BCUT2D eigenvalue weighted by Crippen LogP contribution is -2.31. The lowest BCUT2D eigenvalue weighted by Gasteiger charge is -2.16. The molecule has 0 fully saturated rings. The maximum atomic E-state index is 13.5. The number of rotatable bonds is 4. The second kappa shape index (κ2) is 5.25. The molecule has 1 aliphatic heterocycles. The van der Waals surface area contributed by atoms with Gasteiger partial charge < -0.3 is 4.90 Å². The molecule has 0 unspecified atom stereocenters. The van der Waals surface area contributed by atoms with Crippen LogP contribution in [0.3, 0.4) is 0 Å². The molecule has 0 aromatic heterocycles. The van der Waals surface area contributed by atoms with Gasteiger partial charge in [0.15, 0.2) is 0 Å². The predicted octanol–water partition coefficient (Wildman–Crippen LogP) is 1.55. The van der Waals surface area contributed by atoms with Crippen molar-refractivity contribution in [3.63, 3.8) is 0 Å². The average molecular weight is 364 g/mol. The van der Waals surface area contributed by atoms with Gasteiger partial charge in [-0.2, -0.15) is 0 Å². The summed E-state index contributed by atoms with van der Waals surface area (Å²) in [6, 6.07) is 2.37. The molecule has 1 aromatic rings. The number of carbonyl (C=O) groups excluding carboxylic acids is 2. The Labute approximate surface area is 123 Å². The molecule has 20 heavy (non-hydrogen) atoms. The van der Waals surface area contributed by atoms with Gasteiger partial charge >= 0.3 is 0 Å². The summed E-state index contributed by atoms with van der Waals surface area (Å²) in [6.07, 6.45) is 1.28. The first-order valence-electron chi connectivity index (χ1n) is 5.73. The summed E-state index contributed by atoms with van der Waals surface area (Å²) in [6.45, 7) is 0.0612. The normalized spacial score (nSPS) is 14.8. The van der Waals surface area contributed by atoms with Crippen LogP contribution in [0.2, 0.25) is 0 Å². The van der Waals surface area contributed by atoms with E-state index in [4.69, 9.17) is 0 Å². The molecule has 0 bridgehead atoms. The topological polar surface area (TPSA) is 71.5 Å². The monoisotopic (exact) mass is 363 g/mol. The zero-order chi connectivity index (χ0) is 15.1. The summed E-state index contributed by atoms with van der Waals surface area (Å²) in [4.78, 5) is 24.7. The highest BCUT2D eigenvalue weighted by Gasteiger charge is 2.36. The summed E-state index contributed by atoms with van der Waals surface area (Å²) in [5, 5.41) is 0. The summed E-state index contributed by atoms with van der Waals surface area (Å²) in [5.74, 6) is -2.15. The number of carbonyl (C=O) groups is 2. The van der Waals surface area contributed by atoms with Crippen LogP contribution in [0.1, 0.15) is 16.8 Å². The number of benzene rings is 1. The minimum absolute atomic E-state index is 0.0612. The third-order valence-electron chi connectivity index (χ3n) is 2.91. The van der Waals surface area contributed by atoms with E-state index in [0.717, 1.165) is 17.2 Å². The molecule has 108 valence electrons. The molecule has 1 amide bonds. The standard InChI is InChI=1S/C12H11BrFNO4S/c1-20(18,19)4-2-3-15-10-6-9(14)8(13)5-7(10)11(16)12(15)17/h5-6H,2-4H2,1H3. The molecular weight excluding hydrogens is 353 g/mol. The number of hydrogen-bond acceptors (Lipinski definition) is 4. The molecule has 2 rings (SSSR count). The predicted molar refractivity (Wildman–Crippen MR) is 75.1 cm³/mol. The number of fused-ring (bicyclic) bond motifs is 1. The van der Waals surface area contributed by atoms with E-state index in [1.165, 1.54) is 6.07 Å². The maximum Gasteiger partial charge on any atom is 0.299 e. The van der Waals surface area contributed by atoms with Crippen LogP contribution >= 0.6 is 15.9 Å². The van der Waals surface area contributed by atoms with Gasteiger partial charge in [-0.1, -0.05) is 0 Å². The van der Waals surface area contributed by atoms with Gasteiger partial charge in [-0.3, -0.25) is 9.59 Å². The number of hydrogen-bond donors (Lipinski definition) is 0. The Morgan fingerprint density at radius 3 is 2.55 bits per heavy atom. The quantitative estimate of drug-likeness (QED) is 0.761. The van der Waals surface area contributed by atoms with Crippen LogP contribution in [-0.2, 0) is 14.6 Å². The minimum Gasteiger partial charge on any atom is -0.305 e. The highest BCUT2D eigenvalue weighted by atomic mass is 79.9. The van der Waals surface area contributed by atoms with Crippen molar-refractivity contribution in [1.82, 2.24) is 0 Å². The molecule has 0 aliphatic carbocycles. The van der Waals surface area contributed by atoms with Gasteiger partial charge in [-0.15, -0.1) is 0 Å². The maximum absolute atomic E-state index is 13.5. The summed E-state index contributed by atoms with van der Waals surface area (Å²) < 4.78 is 35.7. The Morgan fingerprint density at radius 2 is 1.95 bits per heavy atom. The van der Waals surface area contributed by atoms with Gasteiger partial charge in [0.1, 0.15) is 15.7 Å². The second-order valence-corrected chi connectivity index (χ2v) is 7.67. The van der Waals surface area contributed by atoms with E-state index in [-0.39, 0.29) is 34.4 Å². The largest absolute Gasteiger partial charge is 0.305 e. The first-order valence-corrected chi connectivity index (χ1v) is 8.59. The Hall–Kier alpha value is -1.28. The number of halogens is 2. The van der Waals surface area contributed by atoms with E-state index in [9.17, 15) is 22.4 Å². The van der Waals surface area contributed by atoms with Gasteiger partial charge in [0.2, 0.25) is 0 Å². The molecule has 1 heterocycles. The minimum atomic E-state index is -3.14. The molecule has 0 saturated carbocycles. The summed E-state index contributed by atoms with van der Waals surface area (Å²) >= 11 is 2.96. The van der Waals surface area contributed by atoms with E-state index >= 15 is 0 Å². The molecule has 5 nitrogen and oxygen atoms in total. The molecule has 0 atom stereocenters. The van der Waals surface area contributed by atoms with Gasteiger partial charge in [0.05, 0.1) is 21.5 Å². The fraction of sp³-hybridized carbons (Fsp3) is 0.333. The van der Waals surface area contributed by atoms with Crippen LogP contribution in [0.25, 0.3) is 0 Å². The number of ketones is 1. The van der Waals surface area contributed by atoms with Crippen LogP contribution < -0.4 is 4.90 Å². The number of anilines is 1. The fourth-order valence-electron chi connectivity index (χ4n) is 2.00. The van der Waals surface area contributed by atoms with Crippen molar-refractivity contribution in [2.45, 2.75) is 6.42 Å². The zero-order valence-corrected chi connectivity index (χ0v) is 12.9. The summed E-state index contributed by atoms with van der Waals surface area (Å²) in [7, 11) is -3.14.